The molecule has 0 saturated carbocycles. The van der Waals surface area contributed by atoms with Crippen molar-refractivity contribution in [3.63, 3.8) is 0 Å². The minimum atomic E-state index is -3.72. The lowest BCUT2D eigenvalue weighted by Gasteiger charge is -2.10. The molecular formula is C13H11BrClNO3S. The Morgan fingerprint density at radius 3 is 2.35 bits per heavy atom. The summed E-state index contributed by atoms with van der Waals surface area (Å²) in [5.74, 6) is 0.648. The minimum Gasteiger partial charge on any atom is -0.497 e. The van der Waals surface area contributed by atoms with Gasteiger partial charge in [-0.15, -0.1) is 0 Å². The first-order valence-electron chi connectivity index (χ1n) is 5.54. The summed E-state index contributed by atoms with van der Waals surface area (Å²) in [7, 11) is -2.18. The SMILES string of the molecule is COc1ccc(NS(=O)(=O)c2ccc(Br)cc2Cl)cc1. The summed E-state index contributed by atoms with van der Waals surface area (Å²) in [5.41, 5.74) is 0.435. The number of hydrogen-bond acceptors (Lipinski definition) is 3. The predicted molar refractivity (Wildman–Crippen MR) is 83.0 cm³/mol. The Kier molecular flexibility index (Phi) is 4.57. The van der Waals surface area contributed by atoms with Crippen LogP contribution >= 0.6 is 27.5 Å². The molecule has 0 aromatic heterocycles. The Hall–Kier alpha value is -1.24. The summed E-state index contributed by atoms with van der Waals surface area (Å²) >= 11 is 9.19. The van der Waals surface area contributed by atoms with Gasteiger partial charge in [-0.25, -0.2) is 8.42 Å². The minimum absolute atomic E-state index is 0.0261. The van der Waals surface area contributed by atoms with E-state index in [0.29, 0.717) is 15.9 Å². The fraction of sp³-hybridized carbons (Fsp3) is 0.0769. The number of anilines is 1. The number of methoxy groups -OCH3 is 1. The second-order valence-electron chi connectivity index (χ2n) is 3.91. The van der Waals surface area contributed by atoms with Crippen molar-refractivity contribution < 1.29 is 13.2 Å². The molecule has 106 valence electrons. The highest BCUT2D eigenvalue weighted by Gasteiger charge is 2.18. The van der Waals surface area contributed by atoms with E-state index in [9.17, 15) is 8.42 Å². The van der Waals surface area contributed by atoms with Crippen LogP contribution in [0.5, 0.6) is 5.75 Å². The molecule has 0 saturated heterocycles. The first kappa shape index (κ1) is 15.2. The lowest BCUT2D eigenvalue weighted by atomic mass is 10.3. The molecule has 0 aliphatic rings. The van der Waals surface area contributed by atoms with E-state index in [0.717, 1.165) is 0 Å². The van der Waals surface area contributed by atoms with Crippen LogP contribution < -0.4 is 9.46 Å². The Morgan fingerprint density at radius 1 is 1.15 bits per heavy atom. The third kappa shape index (κ3) is 3.45. The summed E-state index contributed by atoms with van der Waals surface area (Å²) in [4.78, 5) is 0.0261. The third-order valence-electron chi connectivity index (χ3n) is 2.53. The van der Waals surface area contributed by atoms with Crippen LogP contribution in [0.2, 0.25) is 5.02 Å². The van der Waals surface area contributed by atoms with Gasteiger partial charge in [-0.3, -0.25) is 4.72 Å². The molecule has 0 atom stereocenters. The van der Waals surface area contributed by atoms with Gasteiger partial charge in [-0.05, 0) is 42.5 Å². The molecule has 0 spiro atoms. The van der Waals surface area contributed by atoms with Crippen molar-refractivity contribution >= 4 is 43.2 Å². The highest BCUT2D eigenvalue weighted by Crippen LogP contribution is 2.27. The average Bonchev–Trinajstić information content (AvgIpc) is 2.38. The Balaban J connectivity index is 2.30. The van der Waals surface area contributed by atoms with E-state index in [1.165, 1.54) is 12.1 Å². The first-order chi connectivity index (χ1) is 9.42. The van der Waals surface area contributed by atoms with Crippen molar-refractivity contribution in [2.24, 2.45) is 0 Å². The van der Waals surface area contributed by atoms with Crippen LogP contribution in [0.4, 0.5) is 5.69 Å². The van der Waals surface area contributed by atoms with Gasteiger partial charge in [0.1, 0.15) is 10.6 Å². The zero-order chi connectivity index (χ0) is 14.8. The zero-order valence-electron chi connectivity index (χ0n) is 10.4. The molecule has 20 heavy (non-hydrogen) atoms. The molecule has 2 rings (SSSR count). The second-order valence-corrected chi connectivity index (χ2v) is 6.88. The van der Waals surface area contributed by atoms with Gasteiger partial charge in [0.15, 0.2) is 0 Å². The van der Waals surface area contributed by atoms with Gasteiger partial charge < -0.3 is 4.74 Å². The summed E-state index contributed by atoms with van der Waals surface area (Å²) < 4.78 is 32.7. The van der Waals surface area contributed by atoms with Crippen molar-refractivity contribution in [2.75, 3.05) is 11.8 Å². The van der Waals surface area contributed by atoms with Crippen molar-refractivity contribution in [1.82, 2.24) is 0 Å². The van der Waals surface area contributed by atoms with E-state index in [1.54, 1.807) is 37.4 Å². The molecule has 7 heteroatoms. The molecule has 0 aliphatic carbocycles. The van der Waals surface area contributed by atoms with Crippen LogP contribution in [-0.2, 0) is 10.0 Å². The molecule has 1 N–H and O–H groups in total. The monoisotopic (exact) mass is 375 g/mol. The molecule has 4 nitrogen and oxygen atoms in total. The molecule has 2 aromatic carbocycles. The van der Waals surface area contributed by atoms with Crippen LogP contribution in [0.1, 0.15) is 0 Å². The number of rotatable bonds is 4. The standard InChI is InChI=1S/C13H11BrClNO3S/c1-19-11-5-3-10(4-6-11)16-20(17,18)13-7-2-9(14)8-12(13)15/h2-8,16H,1H3. The van der Waals surface area contributed by atoms with Crippen molar-refractivity contribution in [3.8, 4) is 5.75 Å². The molecular weight excluding hydrogens is 366 g/mol. The van der Waals surface area contributed by atoms with Gasteiger partial charge >= 0.3 is 0 Å². The van der Waals surface area contributed by atoms with Crippen LogP contribution in [0, 0.1) is 0 Å². The maximum atomic E-state index is 12.2. The number of sulfonamides is 1. The molecule has 0 unspecified atom stereocenters. The van der Waals surface area contributed by atoms with Gasteiger partial charge in [0.05, 0.1) is 12.1 Å². The predicted octanol–water partition coefficient (Wildman–Crippen LogP) is 3.91. The topological polar surface area (TPSA) is 55.4 Å². The summed E-state index contributed by atoms with van der Waals surface area (Å²) in [5, 5.41) is 0.153. The number of halogens is 2. The number of ether oxygens (including phenoxy) is 1. The molecule has 0 heterocycles. The normalized spacial score (nSPS) is 11.2. The smallest absolute Gasteiger partial charge is 0.263 e. The van der Waals surface area contributed by atoms with E-state index in [-0.39, 0.29) is 9.92 Å². The van der Waals surface area contributed by atoms with Crippen molar-refractivity contribution in [2.45, 2.75) is 4.90 Å². The zero-order valence-corrected chi connectivity index (χ0v) is 13.6. The number of nitrogens with one attached hydrogen (secondary N) is 1. The van der Waals surface area contributed by atoms with E-state index >= 15 is 0 Å². The van der Waals surface area contributed by atoms with Crippen LogP contribution in [0.25, 0.3) is 0 Å². The van der Waals surface area contributed by atoms with Crippen LogP contribution in [0.15, 0.2) is 51.8 Å². The number of hydrogen-bond donors (Lipinski definition) is 1. The lowest BCUT2D eigenvalue weighted by molar-refractivity contribution is 0.415. The van der Waals surface area contributed by atoms with Crippen molar-refractivity contribution in [1.29, 1.82) is 0 Å². The highest BCUT2D eigenvalue weighted by molar-refractivity contribution is 9.10. The Labute approximate surface area is 130 Å². The van der Waals surface area contributed by atoms with E-state index in [4.69, 9.17) is 16.3 Å². The largest absolute Gasteiger partial charge is 0.497 e. The van der Waals surface area contributed by atoms with E-state index in [2.05, 4.69) is 20.7 Å². The lowest BCUT2D eigenvalue weighted by Crippen LogP contribution is -2.13. The molecule has 0 aliphatic heterocycles. The molecule has 0 radical (unpaired) electrons. The average molecular weight is 377 g/mol. The first-order valence-corrected chi connectivity index (χ1v) is 8.20. The quantitative estimate of drug-likeness (QED) is 0.880. The van der Waals surface area contributed by atoms with Gasteiger partial charge in [-0.1, -0.05) is 27.5 Å². The van der Waals surface area contributed by atoms with Gasteiger partial charge in [0, 0.05) is 10.2 Å². The van der Waals surface area contributed by atoms with Gasteiger partial charge in [0.2, 0.25) is 0 Å². The molecule has 2 aromatic rings. The molecule has 0 amide bonds. The second kappa shape index (κ2) is 6.03. The third-order valence-corrected chi connectivity index (χ3v) is 4.88. The highest BCUT2D eigenvalue weighted by atomic mass is 79.9. The molecule has 0 bridgehead atoms. The van der Waals surface area contributed by atoms with E-state index < -0.39 is 10.0 Å². The van der Waals surface area contributed by atoms with Gasteiger partial charge in [-0.2, -0.15) is 0 Å². The Morgan fingerprint density at radius 2 is 1.80 bits per heavy atom. The maximum Gasteiger partial charge on any atom is 0.263 e. The fourth-order valence-electron chi connectivity index (χ4n) is 1.56. The van der Waals surface area contributed by atoms with E-state index in [1.807, 2.05) is 0 Å². The van der Waals surface area contributed by atoms with Crippen LogP contribution in [0.3, 0.4) is 0 Å². The maximum absolute atomic E-state index is 12.2. The van der Waals surface area contributed by atoms with Crippen LogP contribution in [-0.4, -0.2) is 15.5 Å². The summed E-state index contributed by atoms with van der Waals surface area (Å²) in [6, 6.07) is 11.2. The van der Waals surface area contributed by atoms with Crippen molar-refractivity contribution in [3.05, 3.63) is 52.0 Å². The van der Waals surface area contributed by atoms with Gasteiger partial charge in [0.25, 0.3) is 10.0 Å². The summed E-state index contributed by atoms with van der Waals surface area (Å²) in [6.45, 7) is 0. The summed E-state index contributed by atoms with van der Waals surface area (Å²) in [6.07, 6.45) is 0. The molecule has 0 fully saturated rings. The Bertz CT molecular complexity index is 717. The fourth-order valence-corrected chi connectivity index (χ4v) is 3.66. The number of benzene rings is 2.